The second-order valence-electron chi connectivity index (χ2n) is 6.25. The van der Waals surface area contributed by atoms with E-state index < -0.39 is 22.7 Å². The topological polar surface area (TPSA) is 133 Å². The molecule has 0 aliphatic heterocycles. The van der Waals surface area contributed by atoms with E-state index in [2.05, 4.69) is 74.2 Å². The molecule has 0 unspecified atom stereocenters. The summed E-state index contributed by atoms with van der Waals surface area (Å²) in [6.07, 6.45) is 1.27. The van der Waals surface area contributed by atoms with Crippen LogP contribution in [0.25, 0.3) is 0 Å². The van der Waals surface area contributed by atoms with Crippen LogP contribution in [-0.4, -0.2) is 29.6 Å². The highest BCUT2D eigenvalue weighted by Crippen LogP contribution is 2.36. The summed E-state index contributed by atoms with van der Waals surface area (Å²) < 4.78 is 18.4. The van der Waals surface area contributed by atoms with Crippen molar-refractivity contribution < 1.29 is 28.4 Å². The Morgan fingerprint density at radius 2 is 1.76 bits per heavy atom. The first-order valence-corrected chi connectivity index (χ1v) is 12.2. The van der Waals surface area contributed by atoms with E-state index in [1.54, 1.807) is 24.3 Å². The van der Waals surface area contributed by atoms with Crippen molar-refractivity contribution in [2.45, 2.75) is 0 Å². The molecule has 0 saturated carbocycles. The molecule has 0 atom stereocenters. The van der Waals surface area contributed by atoms with Gasteiger partial charge in [0.25, 0.3) is 5.91 Å². The molecule has 0 bridgehead atoms. The van der Waals surface area contributed by atoms with Gasteiger partial charge < -0.3 is 13.9 Å². The molecular weight excluding hydrogens is 714 g/mol. The minimum Gasteiger partial charge on any atom is -0.481 e. The van der Waals surface area contributed by atoms with E-state index in [9.17, 15) is 19.7 Å². The highest BCUT2D eigenvalue weighted by Gasteiger charge is 2.20. The first-order valence-electron chi connectivity index (χ1n) is 8.99. The van der Waals surface area contributed by atoms with Crippen LogP contribution in [0.4, 0.5) is 5.88 Å². The fourth-order valence-electron chi connectivity index (χ4n) is 2.41. The Bertz CT molecular complexity index is 1270. The summed E-state index contributed by atoms with van der Waals surface area (Å²) in [6, 6.07) is 10.4. The minimum absolute atomic E-state index is 0.0872. The molecule has 14 heteroatoms. The molecule has 0 fully saturated rings. The number of hydrogen-bond acceptors (Lipinski definition) is 8. The van der Waals surface area contributed by atoms with Crippen molar-refractivity contribution in [2.24, 2.45) is 5.10 Å². The number of rotatable bonds is 8. The van der Waals surface area contributed by atoms with E-state index in [1.807, 2.05) is 0 Å². The largest absolute Gasteiger partial charge is 0.481 e. The first kappa shape index (κ1) is 26.1. The fraction of sp³-hybridized carbons (Fsp3) is 0.0500. The number of nitrogens with zero attached hydrogens (tertiary/aromatic N) is 2. The number of carbonyl (C=O) groups excluding carboxylic acids is 2. The maximum Gasteiger partial charge on any atom is 0.433 e. The number of hydrogen-bond donors (Lipinski definition) is 1. The zero-order chi connectivity index (χ0) is 24.8. The first-order chi connectivity index (χ1) is 16.1. The third kappa shape index (κ3) is 6.98. The second-order valence-corrected chi connectivity index (χ2v) is 9.79. The Morgan fingerprint density at radius 1 is 1.06 bits per heavy atom. The highest BCUT2D eigenvalue weighted by atomic mass is 79.9. The van der Waals surface area contributed by atoms with Gasteiger partial charge in [0, 0.05) is 14.5 Å². The number of nitro groups is 1. The zero-order valence-electron chi connectivity index (χ0n) is 16.6. The van der Waals surface area contributed by atoms with Gasteiger partial charge in [0.15, 0.2) is 6.61 Å². The summed E-state index contributed by atoms with van der Waals surface area (Å²) in [7, 11) is 0. The number of ether oxygens (including phenoxy) is 2. The van der Waals surface area contributed by atoms with Crippen LogP contribution < -0.4 is 14.9 Å². The van der Waals surface area contributed by atoms with Crippen molar-refractivity contribution in [3.8, 4) is 11.5 Å². The fourth-order valence-corrected chi connectivity index (χ4v) is 5.28. The second kappa shape index (κ2) is 11.7. The number of nitrogens with one attached hydrogen (secondary N) is 1. The molecule has 0 aliphatic carbocycles. The van der Waals surface area contributed by atoms with Crippen LogP contribution in [0.2, 0.25) is 0 Å². The Balaban J connectivity index is 1.64. The molecule has 34 heavy (non-hydrogen) atoms. The lowest BCUT2D eigenvalue weighted by Crippen LogP contribution is -2.24. The predicted octanol–water partition coefficient (Wildman–Crippen LogP) is 5.99. The molecule has 3 aromatic rings. The smallest absolute Gasteiger partial charge is 0.433 e. The van der Waals surface area contributed by atoms with Crippen molar-refractivity contribution in [3.63, 3.8) is 0 Å². The Hall–Kier alpha value is -2.55. The third-order valence-electron chi connectivity index (χ3n) is 3.85. The van der Waals surface area contributed by atoms with Crippen molar-refractivity contribution in [1.29, 1.82) is 0 Å². The van der Waals surface area contributed by atoms with Gasteiger partial charge in [-0.25, -0.2) is 10.2 Å². The molecule has 1 aromatic heterocycles. The number of furan rings is 1. The van der Waals surface area contributed by atoms with E-state index >= 15 is 0 Å². The van der Waals surface area contributed by atoms with Crippen molar-refractivity contribution in [3.05, 3.63) is 81.8 Å². The molecule has 1 heterocycles. The van der Waals surface area contributed by atoms with Crippen LogP contribution >= 0.6 is 63.7 Å². The number of benzene rings is 2. The number of esters is 1. The summed E-state index contributed by atoms with van der Waals surface area (Å²) >= 11 is 13.4. The van der Waals surface area contributed by atoms with E-state index in [0.717, 1.165) is 16.6 Å². The lowest BCUT2D eigenvalue weighted by atomic mass is 10.2. The number of hydrazone groups is 1. The number of carbonyl (C=O) groups is 2. The predicted molar refractivity (Wildman–Crippen MR) is 135 cm³/mol. The molecule has 0 saturated heterocycles. The molecule has 1 amide bonds. The third-order valence-corrected chi connectivity index (χ3v) is 5.98. The number of halogens is 4. The SMILES string of the molecule is O=C(COc1c(Br)cc(Br)cc1Br)N/N=C/c1cc(Br)ccc1OC(=O)c1ccc([N+](=O)[O-])o1. The zero-order valence-corrected chi connectivity index (χ0v) is 22.9. The van der Waals surface area contributed by atoms with Crippen LogP contribution in [0.1, 0.15) is 16.1 Å². The van der Waals surface area contributed by atoms with E-state index in [-0.39, 0.29) is 18.1 Å². The molecule has 0 spiro atoms. The molecule has 0 aliphatic rings. The van der Waals surface area contributed by atoms with Gasteiger partial charge in [-0.05, 0) is 68.3 Å². The van der Waals surface area contributed by atoms with Gasteiger partial charge in [-0.2, -0.15) is 5.10 Å². The normalized spacial score (nSPS) is 10.8. The summed E-state index contributed by atoms with van der Waals surface area (Å²) in [4.78, 5) is 34.3. The molecule has 3 rings (SSSR count). The molecular formula is C20H11Br4N3O7. The lowest BCUT2D eigenvalue weighted by Gasteiger charge is -2.10. The van der Waals surface area contributed by atoms with Gasteiger partial charge in [-0.1, -0.05) is 31.9 Å². The summed E-state index contributed by atoms with van der Waals surface area (Å²) in [5.41, 5.74) is 2.65. The average molecular weight is 725 g/mol. The number of amides is 1. The van der Waals surface area contributed by atoms with E-state index in [4.69, 9.17) is 13.9 Å². The van der Waals surface area contributed by atoms with Crippen molar-refractivity contribution >= 4 is 87.7 Å². The summed E-state index contributed by atoms with van der Waals surface area (Å²) in [5.74, 6) is -1.86. The van der Waals surface area contributed by atoms with Crippen LogP contribution in [-0.2, 0) is 4.79 Å². The van der Waals surface area contributed by atoms with Crippen molar-refractivity contribution in [2.75, 3.05) is 6.61 Å². The average Bonchev–Trinajstić information content (AvgIpc) is 3.25. The van der Waals surface area contributed by atoms with Crippen molar-refractivity contribution in [1.82, 2.24) is 5.43 Å². The van der Waals surface area contributed by atoms with Gasteiger partial charge in [-0.15, -0.1) is 0 Å². The maximum absolute atomic E-state index is 12.3. The maximum atomic E-state index is 12.3. The van der Waals surface area contributed by atoms with E-state index in [0.29, 0.717) is 24.7 Å². The monoisotopic (exact) mass is 721 g/mol. The minimum atomic E-state index is -0.937. The summed E-state index contributed by atoms with van der Waals surface area (Å²) in [6.45, 7) is -0.312. The van der Waals surface area contributed by atoms with Crippen LogP contribution in [0, 0.1) is 10.1 Å². The summed E-state index contributed by atoms with van der Waals surface area (Å²) in [5, 5.41) is 14.6. The molecule has 0 radical (unpaired) electrons. The van der Waals surface area contributed by atoms with E-state index in [1.165, 1.54) is 12.3 Å². The van der Waals surface area contributed by atoms with Gasteiger partial charge in [0.1, 0.15) is 16.4 Å². The molecule has 1 N–H and O–H groups in total. The quantitative estimate of drug-likeness (QED) is 0.0993. The Labute approximate surface area is 225 Å². The molecule has 10 nitrogen and oxygen atoms in total. The highest BCUT2D eigenvalue weighted by molar-refractivity contribution is 9.11. The molecule has 2 aromatic carbocycles. The van der Waals surface area contributed by atoms with Gasteiger partial charge in [-0.3, -0.25) is 14.9 Å². The van der Waals surface area contributed by atoms with Crippen LogP contribution in [0.15, 0.2) is 69.9 Å². The van der Waals surface area contributed by atoms with Gasteiger partial charge in [0.05, 0.1) is 21.2 Å². The van der Waals surface area contributed by atoms with Crippen LogP contribution in [0.3, 0.4) is 0 Å². The Morgan fingerprint density at radius 3 is 2.41 bits per heavy atom. The van der Waals surface area contributed by atoms with Crippen LogP contribution in [0.5, 0.6) is 11.5 Å². The molecule has 176 valence electrons. The van der Waals surface area contributed by atoms with Gasteiger partial charge >= 0.3 is 11.9 Å². The standard InChI is InChI=1S/C20H11Br4N3O7/c21-11-1-2-15(34-20(29)16-3-4-18(33-16)27(30)31)10(5-11)8-25-26-17(28)9-32-19-13(23)6-12(22)7-14(19)24/h1-8H,9H2,(H,26,28)/b25-8+. The lowest BCUT2D eigenvalue weighted by molar-refractivity contribution is -0.402. The van der Waals surface area contributed by atoms with Gasteiger partial charge in [0.2, 0.25) is 5.76 Å². The Kier molecular flexibility index (Phi) is 8.99.